The summed E-state index contributed by atoms with van der Waals surface area (Å²) in [6.07, 6.45) is 5.51. The van der Waals surface area contributed by atoms with Gasteiger partial charge in [-0.2, -0.15) is 0 Å². The predicted octanol–water partition coefficient (Wildman–Crippen LogP) is 2.68. The van der Waals surface area contributed by atoms with Crippen molar-refractivity contribution in [3.05, 3.63) is 30.5 Å². The molecule has 0 bridgehead atoms. The minimum atomic E-state index is 0.728. The fraction of sp³-hybridized carbons (Fsp3) is 0.438. The molecule has 1 aromatic carbocycles. The number of hydrogen-bond donors (Lipinski definition) is 1. The topological polar surface area (TPSA) is 51.4 Å². The van der Waals surface area contributed by atoms with E-state index in [1.165, 1.54) is 25.9 Å². The second-order valence-electron chi connectivity index (χ2n) is 5.30. The third-order valence-electron chi connectivity index (χ3n) is 3.84. The van der Waals surface area contributed by atoms with Gasteiger partial charge >= 0.3 is 0 Å². The number of pyridine rings is 1. The van der Waals surface area contributed by atoms with Crippen molar-refractivity contribution in [2.45, 2.75) is 19.3 Å². The lowest BCUT2D eigenvalue weighted by molar-refractivity contribution is 0.265. The van der Waals surface area contributed by atoms with Crippen molar-refractivity contribution in [3.8, 4) is 5.75 Å². The number of aromatic nitrogens is 1. The SMILES string of the molecule is Nc1ccc(OCCCN2CCCC2)c2ncccc12. The van der Waals surface area contributed by atoms with Crippen LogP contribution in [-0.4, -0.2) is 36.1 Å². The smallest absolute Gasteiger partial charge is 0.145 e. The lowest BCUT2D eigenvalue weighted by Gasteiger charge is -2.15. The Bertz CT molecular complexity index is 579. The summed E-state index contributed by atoms with van der Waals surface area (Å²) >= 11 is 0. The quantitative estimate of drug-likeness (QED) is 0.671. The summed E-state index contributed by atoms with van der Waals surface area (Å²) in [5.41, 5.74) is 7.56. The third kappa shape index (κ3) is 2.85. The molecule has 0 atom stereocenters. The molecular formula is C16H21N3O. The average Bonchev–Trinajstić information content (AvgIpc) is 2.99. The molecule has 1 saturated heterocycles. The van der Waals surface area contributed by atoms with Gasteiger partial charge in [0.05, 0.1) is 6.61 Å². The van der Waals surface area contributed by atoms with Gasteiger partial charge in [0.15, 0.2) is 0 Å². The van der Waals surface area contributed by atoms with E-state index in [0.29, 0.717) is 0 Å². The molecule has 1 aromatic heterocycles. The normalized spacial score (nSPS) is 15.8. The summed E-state index contributed by atoms with van der Waals surface area (Å²) in [5, 5.41) is 0.963. The summed E-state index contributed by atoms with van der Waals surface area (Å²) < 4.78 is 5.89. The number of nitrogen functional groups attached to an aromatic ring is 1. The van der Waals surface area contributed by atoms with Crippen LogP contribution >= 0.6 is 0 Å². The van der Waals surface area contributed by atoms with E-state index in [1.807, 2.05) is 24.3 Å². The minimum absolute atomic E-state index is 0.728. The largest absolute Gasteiger partial charge is 0.491 e. The number of likely N-dealkylation sites (tertiary alicyclic amines) is 1. The number of nitrogens with zero attached hydrogens (tertiary/aromatic N) is 2. The van der Waals surface area contributed by atoms with Crippen molar-refractivity contribution in [1.82, 2.24) is 9.88 Å². The van der Waals surface area contributed by atoms with Gasteiger partial charge in [-0.3, -0.25) is 4.98 Å². The summed E-state index contributed by atoms with van der Waals surface area (Å²) in [7, 11) is 0. The fourth-order valence-electron chi connectivity index (χ4n) is 2.76. The molecular weight excluding hydrogens is 250 g/mol. The summed E-state index contributed by atoms with van der Waals surface area (Å²) in [4.78, 5) is 6.89. The molecule has 0 unspecified atom stereocenters. The van der Waals surface area contributed by atoms with Crippen LogP contribution in [0.15, 0.2) is 30.5 Å². The Hall–Kier alpha value is -1.81. The average molecular weight is 271 g/mol. The Kier molecular flexibility index (Phi) is 4.02. The van der Waals surface area contributed by atoms with E-state index in [9.17, 15) is 0 Å². The van der Waals surface area contributed by atoms with E-state index in [4.69, 9.17) is 10.5 Å². The first-order valence-corrected chi connectivity index (χ1v) is 7.33. The van der Waals surface area contributed by atoms with Crippen molar-refractivity contribution in [1.29, 1.82) is 0 Å². The van der Waals surface area contributed by atoms with Crippen LogP contribution in [0.5, 0.6) is 5.75 Å². The zero-order valence-electron chi connectivity index (χ0n) is 11.7. The predicted molar refractivity (Wildman–Crippen MR) is 81.9 cm³/mol. The number of nitrogens with two attached hydrogens (primary N) is 1. The maximum absolute atomic E-state index is 5.96. The van der Waals surface area contributed by atoms with Crippen LogP contribution in [0.2, 0.25) is 0 Å². The molecule has 0 radical (unpaired) electrons. The molecule has 1 fully saturated rings. The molecule has 1 aliphatic heterocycles. The molecule has 4 heteroatoms. The second-order valence-corrected chi connectivity index (χ2v) is 5.30. The number of rotatable bonds is 5. The van der Waals surface area contributed by atoms with Gasteiger partial charge in [-0.1, -0.05) is 0 Å². The van der Waals surface area contributed by atoms with Crippen LogP contribution in [0.4, 0.5) is 5.69 Å². The van der Waals surface area contributed by atoms with E-state index in [-0.39, 0.29) is 0 Å². The Balaban J connectivity index is 1.61. The van der Waals surface area contributed by atoms with E-state index >= 15 is 0 Å². The molecule has 4 nitrogen and oxygen atoms in total. The van der Waals surface area contributed by atoms with Crippen LogP contribution in [-0.2, 0) is 0 Å². The van der Waals surface area contributed by atoms with Crippen molar-refractivity contribution < 1.29 is 4.74 Å². The molecule has 20 heavy (non-hydrogen) atoms. The zero-order valence-corrected chi connectivity index (χ0v) is 11.7. The van der Waals surface area contributed by atoms with Gasteiger partial charge in [0, 0.05) is 23.8 Å². The minimum Gasteiger partial charge on any atom is -0.491 e. The highest BCUT2D eigenvalue weighted by Crippen LogP contribution is 2.28. The van der Waals surface area contributed by atoms with E-state index in [2.05, 4.69) is 9.88 Å². The van der Waals surface area contributed by atoms with E-state index in [1.54, 1.807) is 6.20 Å². The third-order valence-corrected chi connectivity index (χ3v) is 3.84. The van der Waals surface area contributed by atoms with Crippen LogP contribution in [0.1, 0.15) is 19.3 Å². The summed E-state index contributed by atoms with van der Waals surface area (Å²) in [5.74, 6) is 0.830. The molecule has 3 rings (SSSR count). The highest BCUT2D eigenvalue weighted by molar-refractivity contribution is 5.94. The first kappa shape index (κ1) is 13.2. The fourth-order valence-corrected chi connectivity index (χ4v) is 2.76. The highest BCUT2D eigenvalue weighted by Gasteiger charge is 2.11. The molecule has 0 saturated carbocycles. The molecule has 0 spiro atoms. The van der Waals surface area contributed by atoms with E-state index < -0.39 is 0 Å². The Labute approximate surface area is 119 Å². The first-order chi connectivity index (χ1) is 9.84. The zero-order chi connectivity index (χ0) is 13.8. The molecule has 0 amide bonds. The van der Waals surface area contributed by atoms with Gasteiger partial charge in [-0.25, -0.2) is 0 Å². The van der Waals surface area contributed by atoms with Crippen LogP contribution in [0, 0.1) is 0 Å². The Morgan fingerprint density at radius 3 is 2.90 bits per heavy atom. The van der Waals surface area contributed by atoms with Crippen molar-refractivity contribution in [2.75, 3.05) is 32.0 Å². The first-order valence-electron chi connectivity index (χ1n) is 7.33. The molecule has 1 aliphatic rings. The van der Waals surface area contributed by atoms with Crippen molar-refractivity contribution >= 4 is 16.6 Å². The highest BCUT2D eigenvalue weighted by atomic mass is 16.5. The van der Waals surface area contributed by atoms with Gasteiger partial charge in [0.1, 0.15) is 11.3 Å². The lowest BCUT2D eigenvalue weighted by atomic mass is 10.1. The molecule has 0 aliphatic carbocycles. The van der Waals surface area contributed by atoms with Gasteiger partial charge in [0.25, 0.3) is 0 Å². The van der Waals surface area contributed by atoms with Gasteiger partial charge in [-0.05, 0) is 56.6 Å². The van der Waals surface area contributed by atoms with Crippen LogP contribution in [0.25, 0.3) is 10.9 Å². The number of fused-ring (bicyclic) bond motifs is 1. The Morgan fingerprint density at radius 1 is 1.20 bits per heavy atom. The number of ether oxygens (including phenoxy) is 1. The van der Waals surface area contributed by atoms with E-state index in [0.717, 1.165) is 41.9 Å². The number of anilines is 1. The lowest BCUT2D eigenvalue weighted by Crippen LogP contribution is -2.21. The Morgan fingerprint density at radius 2 is 2.05 bits per heavy atom. The summed E-state index contributed by atoms with van der Waals surface area (Å²) in [6, 6.07) is 7.69. The van der Waals surface area contributed by atoms with Crippen molar-refractivity contribution in [3.63, 3.8) is 0 Å². The van der Waals surface area contributed by atoms with Crippen LogP contribution < -0.4 is 10.5 Å². The number of benzene rings is 1. The molecule has 2 heterocycles. The van der Waals surface area contributed by atoms with Gasteiger partial charge < -0.3 is 15.4 Å². The standard InChI is InChI=1S/C16H21N3O/c17-14-6-7-15(16-13(14)5-3-8-18-16)20-12-4-11-19-9-1-2-10-19/h3,5-8H,1-2,4,9-12,17H2. The van der Waals surface area contributed by atoms with Crippen molar-refractivity contribution in [2.24, 2.45) is 0 Å². The summed E-state index contributed by atoms with van der Waals surface area (Å²) in [6.45, 7) is 4.34. The maximum Gasteiger partial charge on any atom is 0.145 e. The monoisotopic (exact) mass is 271 g/mol. The molecule has 106 valence electrons. The number of hydrogen-bond acceptors (Lipinski definition) is 4. The molecule has 2 N–H and O–H groups in total. The maximum atomic E-state index is 5.96. The van der Waals surface area contributed by atoms with Crippen LogP contribution in [0.3, 0.4) is 0 Å². The molecule has 2 aromatic rings. The van der Waals surface area contributed by atoms with Gasteiger partial charge in [-0.15, -0.1) is 0 Å². The van der Waals surface area contributed by atoms with Gasteiger partial charge in [0.2, 0.25) is 0 Å². The second kappa shape index (κ2) is 6.09.